The van der Waals surface area contributed by atoms with Crippen LogP contribution < -0.4 is 5.32 Å². The van der Waals surface area contributed by atoms with E-state index in [9.17, 15) is 9.59 Å². The van der Waals surface area contributed by atoms with Crippen LogP contribution in [0.25, 0.3) is 0 Å². The SMILES string of the molecule is CCCc1ccc(NC(=O)CN(C)CC(=O)OCC)cc1. The molecule has 0 atom stereocenters. The summed E-state index contributed by atoms with van der Waals surface area (Å²) < 4.78 is 4.84. The van der Waals surface area contributed by atoms with E-state index in [1.165, 1.54) is 5.56 Å². The number of hydrogen-bond acceptors (Lipinski definition) is 4. The van der Waals surface area contributed by atoms with Gasteiger partial charge in [0.05, 0.1) is 19.7 Å². The summed E-state index contributed by atoms with van der Waals surface area (Å²) in [5, 5.41) is 2.81. The Bertz CT molecular complexity index is 457. The lowest BCUT2D eigenvalue weighted by Gasteiger charge is -2.15. The summed E-state index contributed by atoms with van der Waals surface area (Å²) in [4.78, 5) is 24.8. The molecule has 0 heterocycles. The number of nitrogens with one attached hydrogen (secondary N) is 1. The molecule has 1 aromatic rings. The molecule has 0 unspecified atom stereocenters. The summed E-state index contributed by atoms with van der Waals surface area (Å²) >= 11 is 0. The standard InChI is InChI=1S/C16H24N2O3/c1-4-6-13-7-9-14(10-8-13)17-15(19)11-18(3)12-16(20)21-5-2/h7-10H,4-6,11-12H2,1-3H3,(H,17,19). The smallest absolute Gasteiger partial charge is 0.320 e. The molecule has 0 aliphatic heterocycles. The van der Waals surface area contributed by atoms with Crippen molar-refractivity contribution in [1.82, 2.24) is 4.90 Å². The minimum absolute atomic E-state index is 0.108. The number of rotatable bonds is 8. The summed E-state index contributed by atoms with van der Waals surface area (Å²) in [6.45, 7) is 4.50. The fraction of sp³-hybridized carbons (Fsp3) is 0.500. The maximum atomic E-state index is 11.9. The molecule has 0 spiro atoms. The first-order chi connectivity index (χ1) is 10.0. The average Bonchev–Trinajstić information content (AvgIpc) is 2.41. The van der Waals surface area contributed by atoms with Gasteiger partial charge in [-0.25, -0.2) is 0 Å². The number of amides is 1. The predicted molar refractivity (Wildman–Crippen MR) is 83.2 cm³/mol. The van der Waals surface area contributed by atoms with E-state index in [1.54, 1.807) is 18.9 Å². The van der Waals surface area contributed by atoms with Crippen LogP contribution in [0.4, 0.5) is 5.69 Å². The molecule has 0 radical (unpaired) electrons. The summed E-state index contributed by atoms with van der Waals surface area (Å²) in [6.07, 6.45) is 2.14. The van der Waals surface area contributed by atoms with E-state index in [0.29, 0.717) is 6.61 Å². The number of benzene rings is 1. The Morgan fingerprint density at radius 1 is 1.14 bits per heavy atom. The highest BCUT2D eigenvalue weighted by Crippen LogP contribution is 2.10. The van der Waals surface area contributed by atoms with Crippen LogP contribution in [0, 0.1) is 0 Å². The molecule has 1 aromatic carbocycles. The third kappa shape index (κ3) is 6.90. The van der Waals surface area contributed by atoms with E-state index in [1.807, 2.05) is 24.3 Å². The molecule has 1 rings (SSSR count). The van der Waals surface area contributed by atoms with Gasteiger partial charge in [0.2, 0.25) is 5.91 Å². The molecule has 1 N–H and O–H groups in total. The lowest BCUT2D eigenvalue weighted by molar-refractivity contribution is -0.144. The van der Waals surface area contributed by atoms with Crippen molar-refractivity contribution in [1.29, 1.82) is 0 Å². The molecule has 0 saturated heterocycles. The molecule has 1 amide bonds. The van der Waals surface area contributed by atoms with Gasteiger partial charge in [0.25, 0.3) is 0 Å². The van der Waals surface area contributed by atoms with E-state index in [4.69, 9.17) is 4.74 Å². The second-order valence-electron chi connectivity index (χ2n) is 4.97. The van der Waals surface area contributed by atoms with Crippen LogP contribution in [0.3, 0.4) is 0 Å². The van der Waals surface area contributed by atoms with Crippen molar-refractivity contribution >= 4 is 17.6 Å². The Balaban J connectivity index is 2.40. The molecule has 0 bridgehead atoms. The number of aryl methyl sites for hydroxylation is 1. The summed E-state index contributed by atoms with van der Waals surface area (Å²) in [5.41, 5.74) is 2.03. The zero-order chi connectivity index (χ0) is 15.7. The first kappa shape index (κ1) is 17.2. The van der Waals surface area contributed by atoms with Crippen LogP contribution in [0.15, 0.2) is 24.3 Å². The van der Waals surface area contributed by atoms with Gasteiger partial charge in [0.15, 0.2) is 0 Å². The van der Waals surface area contributed by atoms with Gasteiger partial charge in [0, 0.05) is 5.69 Å². The number of hydrogen-bond donors (Lipinski definition) is 1. The lowest BCUT2D eigenvalue weighted by atomic mass is 10.1. The first-order valence-corrected chi connectivity index (χ1v) is 7.28. The van der Waals surface area contributed by atoms with Crippen molar-refractivity contribution in [3.05, 3.63) is 29.8 Å². The van der Waals surface area contributed by atoms with Crippen LogP contribution in [0.1, 0.15) is 25.8 Å². The van der Waals surface area contributed by atoms with E-state index < -0.39 is 0 Å². The zero-order valence-corrected chi connectivity index (χ0v) is 13.0. The van der Waals surface area contributed by atoms with Gasteiger partial charge >= 0.3 is 5.97 Å². The minimum Gasteiger partial charge on any atom is -0.465 e. The first-order valence-electron chi connectivity index (χ1n) is 7.28. The van der Waals surface area contributed by atoms with Gasteiger partial charge in [-0.1, -0.05) is 25.5 Å². The number of anilines is 1. The second-order valence-corrected chi connectivity index (χ2v) is 4.97. The van der Waals surface area contributed by atoms with Gasteiger partial charge < -0.3 is 10.1 Å². The fourth-order valence-electron chi connectivity index (χ4n) is 1.97. The van der Waals surface area contributed by atoms with Crippen molar-refractivity contribution in [2.75, 3.05) is 32.1 Å². The molecule has 5 heteroatoms. The molecule has 0 aliphatic carbocycles. The number of carbonyl (C=O) groups excluding carboxylic acids is 2. The number of likely N-dealkylation sites (N-methyl/N-ethyl adjacent to an activating group) is 1. The molecule has 0 aliphatic rings. The van der Waals surface area contributed by atoms with Crippen LogP contribution in [0.5, 0.6) is 0 Å². The average molecular weight is 292 g/mol. The molecule has 116 valence electrons. The Kier molecular flexibility index (Phi) is 7.46. The van der Waals surface area contributed by atoms with Crippen molar-refractivity contribution in [2.45, 2.75) is 26.7 Å². The number of nitrogens with zero attached hydrogens (tertiary/aromatic N) is 1. The van der Waals surface area contributed by atoms with Gasteiger partial charge in [-0.2, -0.15) is 0 Å². The van der Waals surface area contributed by atoms with E-state index in [-0.39, 0.29) is 25.0 Å². The Hall–Kier alpha value is -1.88. The number of ether oxygens (including phenoxy) is 1. The summed E-state index contributed by atoms with van der Waals surface area (Å²) in [6, 6.07) is 7.82. The van der Waals surface area contributed by atoms with E-state index >= 15 is 0 Å². The van der Waals surface area contributed by atoms with Crippen molar-refractivity contribution in [3.63, 3.8) is 0 Å². The molecule has 5 nitrogen and oxygen atoms in total. The lowest BCUT2D eigenvalue weighted by Crippen LogP contribution is -2.34. The highest BCUT2D eigenvalue weighted by Gasteiger charge is 2.11. The van der Waals surface area contributed by atoms with Crippen LogP contribution in [-0.4, -0.2) is 43.5 Å². The summed E-state index contributed by atoms with van der Waals surface area (Å²) in [7, 11) is 1.71. The van der Waals surface area contributed by atoms with Gasteiger partial charge in [-0.15, -0.1) is 0 Å². The van der Waals surface area contributed by atoms with Gasteiger partial charge in [-0.3, -0.25) is 14.5 Å². The Morgan fingerprint density at radius 2 is 1.81 bits per heavy atom. The molecule has 21 heavy (non-hydrogen) atoms. The Morgan fingerprint density at radius 3 is 2.38 bits per heavy atom. The van der Waals surface area contributed by atoms with Gasteiger partial charge in [-0.05, 0) is 38.1 Å². The maximum absolute atomic E-state index is 11.9. The monoisotopic (exact) mass is 292 g/mol. The fourth-order valence-corrected chi connectivity index (χ4v) is 1.97. The molecule has 0 saturated carbocycles. The zero-order valence-electron chi connectivity index (χ0n) is 13.0. The number of carbonyl (C=O) groups is 2. The molecule has 0 aromatic heterocycles. The van der Waals surface area contributed by atoms with Crippen LogP contribution >= 0.6 is 0 Å². The highest BCUT2D eigenvalue weighted by atomic mass is 16.5. The minimum atomic E-state index is -0.322. The highest BCUT2D eigenvalue weighted by molar-refractivity contribution is 5.92. The Labute approximate surface area is 126 Å². The molecule has 0 fully saturated rings. The van der Waals surface area contributed by atoms with Crippen molar-refractivity contribution in [2.24, 2.45) is 0 Å². The van der Waals surface area contributed by atoms with E-state index in [2.05, 4.69) is 12.2 Å². The molecular formula is C16H24N2O3. The van der Waals surface area contributed by atoms with E-state index in [0.717, 1.165) is 18.5 Å². The third-order valence-corrected chi connectivity index (χ3v) is 2.89. The molecular weight excluding hydrogens is 268 g/mol. The topological polar surface area (TPSA) is 58.6 Å². The quantitative estimate of drug-likeness (QED) is 0.745. The largest absolute Gasteiger partial charge is 0.465 e. The third-order valence-electron chi connectivity index (χ3n) is 2.89. The normalized spacial score (nSPS) is 10.5. The van der Waals surface area contributed by atoms with Crippen molar-refractivity contribution < 1.29 is 14.3 Å². The van der Waals surface area contributed by atoms with Gasteiger partial charge in [0.1, 0.15) is 0 Å². The van der Waals surface area contributed by atoms with Crippen molar-refractivity contribution in [3.8, 4) is 0 Å². The van der Waals surface area contributed by atoms with Crippen LogP contribution in [-0.2, 0) is 20.7 Å². The van der Waals surface area contributed by atoms with Crippen LogP contribution in [0.2, 0.25) is 0 Å². The summed E-state index contributed by atoms with van der Waals surface area (Å²) in [5.74, 6) is -0.471. The number of esters is 1. The second kappa shape index (κ2) is 9.13. The predicted octanol–water partition coefficient (Wildman–Crippen LogP) is 2.07. The maximum Gasteiger partial charge on any atom is 0.320 e.